The molecule has 1 aliphatic carbocycles. The van der Waals surface area contributed by atoms with Crippen LogP contribution in [-0.2, 0) is 0 Å². The average molecular weight is 284 g/mol. The van der Waals surface area contributed by atoms with Gasteiger partial charge in [0.1, 0.15) is 5.69 Å². The fraction of sp³-hybridized carbons (Fsp3) is 0.267. The number of nitrogens with two attached hydrogens (primary N) is 1. The van der Waals surface area contributed by atoms with Gasteiger partial charge in [0.25, 0.3) is 11.8 Å². The third-order valence-electron chi connectivity index (χ3n) is 3.79. The lowest BCUT2D eigenvalue weighted by atomic mass is 9.78. The van der Waals surface area contributed by atoms with Crippen molar-refractivity contribution in [2.45, 2.75) is 24.8 Å². The molecule has 4 N–H and O–H groups in total. The number of hydrogen-bond donors (Lipinski definition) is 3. The lowest BCUT2D eigenvalue weighted by molar-refractivity contribution is 0.0907. The van der Waals surface area contributed by atoms with E-state index < -0.39 is 5.91 Å². The van der Waals surface area contributed by atoms with Crippen molar-refractivity contribution in [2.24, 2.45) is 5.73 Å². The summed E-state index contributed by atoms with van der Waals surface area (Å²) in [5, 5.41) is 9.71. The first-order valence-corrected chi connectivity index (χ1v) is 6.84. The number of aromatic amines is 1. The van der Waals surface area contributed by atoms with E-state index in [-0.39, 0.29) is 17.9 Å². The summed E-state index contributed by atoms with van der Waals surface area (Å²) in [4.78, 5) is 23.0. The second kappa shape index (κ2) is 5.40. The van der Waals surface area contributed by atoms with Gasteiger partial charge < -0.3 is 11.1 Å². The Bertz CT molecular complexity index is 659. The third-order valence-corrected chi connectivity index (χ3v) is 3.79. The van der Waals surface area contributed by atoms with Crippen LogP contribution in [0.15, 0.2) is 36.4 Å². The van der Waals surface area contributed by atoms with Crippen molar-refractivity contribution in [3.63, 3.8) is 0 Å². The van der Waals surface area contributed by atoms with Crippen LogP contribution < -0.4 is 11.1 Å². The van der Waals surface area contributed by atoms with Crippen LogP contribution in [0.25, 0.3) is 0 Å². The molecule has 0 unspecified atom stereocenters. The van der Waals surface area contributed by atoms with Crippen molar-refractivity contribution in [1.82, 2.24) is 15.5 Å². The molecule has 108 valence electrons. The highest BCUT2D eigenvalue weighted by molar-refractivity contribution is 5.94. The first-order chi connectivity index (χ1) is 10.1. The summed E-state index contributed by atoms with van der Waals surface area (Å²) < 4.78 is 0. The van der Waals surface area contributed by atoms with Gasteiger partial charge in [-0.25, -0.2) is 0 Å². The molecule has 1 aromatic carbocycles. The van der Waals surface area contributed by atoms with Gasteiger partial charge in [-0.05, 0) is 31.0 Å². The number of H-pyrrole nitrogens is 1. The van der Waals surface area contributed by atoms with Crippen LogP contribution in [0.1, 0.15) is 45.3 Å². The molecular weight excluding hydrogens is 268 g/mol. The molecule has 1 fully saturated rings. The van der Waals surface area contributed by atoms with Gasteiger partial charge in [0.05, 0.1) is 5.69 Å². The number of nitrogens with one attached hydrogen (secondary N) is 2. The molecule has 0 saturated heterocycles. The molecule has 0 bridgehead atoms. The minimum Gasteiger partial charge on any atom is -0.364 e. The lowest BCUT2D eigenvalue weighted by Crippen LogP contribution is -2.43. The standard InChI is InChI=1S/C15H16N4O2/c16-14(20)13-8-12(18-19-13)10-6-11(7-10)17-15(21)9-4-2-1-3-5-9/h1-5,8,10-11H,6-7H2,(H2,16,20)(H,17,21)(H,18,19)/t10-,11+. The first-order valence-electron chi connectivity index (χ1n) is 6.84. The van der Waals surface area contributed by atoms with Crippen LogP contribution >= 0.6 is 0 Å². The van der Waals surface area contributed by atoms with Gasteiger partial charge in [0.2, 0.25) is 0 Å². The molecule has 1 heterocycles. The van der Waals surface area contributed by atoms with Crippen molar-refractivity contribution in [3.05, 3.63) is 53.3 Å². The smallest absolute Gasteiger partial charge is 0.266 e. The summed E-state index contributed by atoms with van der Waals surface area (Å²) >= 11 is 0. The molecule has 0 atom stereocenters. The molecule has 6 nitrogen and oxygen atoms in total. The highest BCUT2D eigenvalue weighted by atomic mass is 16.2. The van der Waals surface area contributed by atoms with E-state index >= 15 is 0 Å². The van der Waals surface area contributed by atoms with E-state index in [0.717, 1.165) is 18.5 Å². The van der Waals surface area contributed by atoms with Gasteiger partial charge in [0.15, 0.2) is 0 Å². The molecule has 21 heavy (non-hydrogen) atoms. The maximum atomic E-state index is 12.0. The zero-order valence-corrected chi connectivity index (χ0v) is 11.4. The Morgan fingerprint density at radius 1 is 1.24 bits per heavy atom. The van der Waals surface area contributed by atoms with Crippen LogP contribution in [0, 0.1) is 0 Å². The highest BCUT2D eigenvalue weighted by Gasteiger charge is 2.33. The van der Waals surface area contributed by atoms with Crippen LogP contribution in [0.4, 0.5) is 0 Å². The zero-order valence-electron chi connectivity index (χ0n) is 11.4. The van der Waals surface area contributed by atoms with E-state index in [1.807, 2.05) is 18.2 Å². The Hall–Kier alpha value is -2.63. The van der Waals surface area contributed by atoms with E-state index in [1.54, 1.807) is 18.2 Å². The predicted octanol–water partition coefficient (Wildman–Crippen LogP) is 1.18. The topological polar surface area (TPSA) is 101 Å². The minimum absolute atomic E-state index is 0.0566. The van der Waals surface area contributed by atoms with Crippen molar-refractivity contribution in [2.75, 3.05) is 0 Å². The van der Waals surface area contributed by atoms with Gasteiger partial charge in [-0.1, -0.05) is 18.2 Å². The fourth-order valence-electron chi connectivity index (χ4n) is 2.51. The summed E-state index contributed by atoms with van der Waals surface area (Å²) in [5.41, 5.74) is 6.99. The molecular formula is C15H16N4O2. The summed E-state index contributed by atoms with van der Waals surface area (Å²) in [7, 11) is 0. The summed E-state index contributed by atoms with van der Waals surface area (Å²) in [6.07, 6.45) is 1.64. The molecule has 6 heteroatoms. The summed E-state index contributed by atoms with van der Waals surface area (Å²) in [6.45, 7) is 0. The summed E-state index contributed by atoms with van der Waals surface area (Å²) in [6, 6.07) is 11.0. The minimum atomic E-state index is -0.512. The molecule has 0 radical (unpaired) electrons. The SMILES string of the molecule is NC(=O)c1cc([C@H]2C[C@@H](NC(=O)c3ccccc3)C2)n[nH]1. The number of benzene rings is 1. The van der Waals surface area contributed by atoms with Crippen molar-refractivity contribution in [3.8, 4) is 0 Å². The maximum Gasteiger partial charge on any atom is 0.266 e. The number of aromatic nitrogens is 2. The highest BCUT2D eigenvalue weighted by Crippen LogP contribution is 2.36. The number of amides is 2. The molecule has 2 amide bonds. The normalized spacial score (nSPS) is 20.6. The van der Waals surface area contributed by atoms with Gasteiger partial charge >= 0.3 is 0 Å². The monoisotopic (exact) mass is 284 g/mol. The van der Waals surface area contributed by atoms with Crippen LogP contribution in [0.3, 0.4) is 0 Å². The first kappa shape index (κ1) is 13.4. The molecule has 3 rings (SSSR count). The Morgan fingerprint density at radius 2 is 1.95 bits per heavy atom. The summed E-state index contributed by atoms with van der Waals surface area (Å²) in [5.74, 6) is -0.309. The Morgan fingerprint density at radius 3 is 2.57 bits per heavy atom. The molecule has 1 aliphatic rings. The van der Waals surface area contributed by atoms with Gasteiger partial charge in [0, 0.05) is 17.5 Å². The Labute approximate surface area is 121 Å². The quantitative estimate of drug-likeness (QED) is 0.786. The number of nitrogens with zero attached hydrogens (tertiary/aromatic N) is 1. The van der Waals surface area contributed by atoms with E-state index in [9.17, 15) is 9.59 Å². The Balaban J connectivity index is 1.54. The number of hydrogen-bond acceptors (Lipinski definition) is 3. The molecule has 1 saturated carbocycles. The largest absolute Gasteiger partial charge is 0.364 e. The number of rotatable bonds is 4. The van der Waals surface area contributed by atoms with Crippen LogP contribution in [0.5, 0.6) is 0 Å². The predicted molar refractivity (Wildman–Crippen MR) is 76.8 cm³/mol. The van der Waals surface area contributed by atoms with Gasteiger partial charge in [-0.2, -0.15) is 5.10 Å². The molecule has 1 aromatic heterocycles. The van der Waals surface area contributed by atoms with E-state index in [2.05, 4.69) is 15.5 Å². The lowest BCUT2D eigenvalue weighted by Gasteiger charge is -2.34. The van der Waals surface area contributed by atoms with Gasteiger partial charge in [-0.15, -0.1) is 0 Å². The zero-order chi connectivity index (χ0) is 14.8. The van der Waals surface area contributed by atoms with E-state index in [0.29, 0.717) is 11.3 Å². The van der Waals surface area contributed by atoms with Crippen LogP contribution in [0.2, 0.25) is 0 Å². The molecule has 2 aromatic rings. The molecule has 0 aliphatic heterocycles. The van der Waals surface area contributed by atoms with Crippen molar-refractivity contribution < 1.29 is 9.59 Å². The average Bonchev–Trinajstić information content (AvgIpc) is 2.92. The maximum absolute atomic E-state index is 12.0. The molecule has 0 spiro atoms. The van der Waals surface area contributed by atoms with Crippen molar-refractivity contribution in [1.29, 1.82) is 0 Å². The second-order valence-corrected chi connectivity index (χ2v) is 5.28. The second-order valence-electron chi connectivity index (χ2n) is 5.28. The fourth-order valence-corrected chi connectivity index (χ4v) is 2.51. The number of primary amides is 1. The van der Waals surface area contributed by atoms with Gasteiger partial charge in [-0.3, -0.25) is 14.7 Å². The third kappa shape index (κ3) is 2.79. The van der Waals surface area contributed by atoms with Crippen molar-refractivity contribution >= 4 is 11.8 Å². The number of carbonyl (C=O) groups excluding carboxylic acids is 2. The van der Waals surface area contributed by atoms with E-state index in [1.165, 1.54) is 0 Å². The van der Waals surface area contributed by atoms with E-state index in [4.69, 9.17) is 5.73 Å². The number of carbonyl (C=O) groups is 2. The van der Waals surface area contributed by atoms with Crippen LogP contribution in [-0.4, -0.2) is 28.1 Å². The Kier molecular flexibility index (Phi) is 3.43.